The van der Waals surface area contributed by atoms with Gasteiger partial charge in [0.15, 0.2) is 6.29 Å². The van der Waals surface area contributed by atoms with Crippen LogP contribution in [0.4, 0.5) is 5.69 Å². The van der Waals surface area contributed by atoms with Crippen molar-refractivity contribution < 1.29 is 0 Å². The molecule has 0 radical (unpaired) electrons. The van der Waals surface area contributed by atoms with Crippen LogP contribution in [0.15, 0.2) is 28.2 Å². The molecule has 1 unspecified atom stereocenters. The second-order valence-electron chi connectivity index (χ2n) is 4.36. The SMILES string of the molecule is CCc1cccc(N2C(N)=NC(N)=NC2N)c1CC. The van der Waals surface area contributed by atoms with Gasteiger partial charge in [0.1, 0.15) is 0 Å². The zero-order chi connectivity index (χ0) is 14.0. The van der Waals surface area contributed by atoms with Gasteiger partial charge >= 0.3 is 0 Å². The van der Waals surface area contributed by atoms with Crippen LogP contribution in [0.1, 0.15) is 25.0 Å². The fraction of sp³-hybridized carbons (Fsp3) is 0.385. The average Bonchev–Trinajstić information content (AvgIpc) is 2.37. The van der Waals surface area contributed by atoms with Crippen LogP contribution in [0.5, 0.6) is 0 Å². The van der Waals surface area contributed by atoms with Crippen molar-refractivity contribution in [3.05, 3.63) is 29.3 Å². The van der Waals surface area contributed by atoms with Crippen LogP contribution >= 0.6 is 0 Å². The molecule has 0 saturated heterocycles. The van der Waals surface area contributed by atoms with E-state index >= 15 is 0 Å². The first kappa shape index (κ1) is 13.4. The Hall–Kier alpha value is -2.08. The normalized spacial score (nSPS) is 19.1. The van der Waals surface area contributed by atoms with Gasteiger partial charge in [0.2, 0.25) is 11.9 Å². The molecule has 6 nitrogen and oxygen atoms in total. The lowest BCUT2D eigenvalue weighted by molar-refractivity contribution is 0.714. The third-order valence-electron chi connectivity index (χ3n) is 3.25. The van der Waals surface area contributed by atoms with Gasteiger partial charge in [0, 0.05) is 0 Å². The van der Waals surface area contributed by atoms with Gasteiger partial charge in [-0.15, -0.1) is 0 Å². The molecule has 0 fully saturated rings. The molecule has 1 aromatic rings. The Balaban J connectivity index is 2.51. The summed E-state index contributed by atoms with van der Waals surface area (Å²) in [5.41, 5.74) is 21.0. The summed E-state index contributed by atoms with van der Waals surface area (Å²) < 4.78 is 0. The van der Waals surface area contributed by atoms with Crippen molar-refractivity contribution in [3.8, 4) is 0 Å². The lowest BCUT2D eigenvalue weighted by Gasteiger charge is -2.32. The molecule has 6 N–H and O–H groups in total. The van der Waals surface area contributed by atoms with Gasteiger partial charge < -0.3 is 11.5 Å². The van der Waals surface area contributed by atoms with Crippen molar-refractivity contribution in [1.29, 1.82) is 0 Å². The molecule has 1 atom stereocenters. The summed E-state index contributed by atoms with van der Waals surface area (Å²) in [6.07, 6.45) is 1.23. The minimum Gasteiger partial charge on any atom is -0.369 e. The third-order valence-corrected chi connectivity index (χ3v) is 3.25. The van der Waals surface area contributed by atoms with Crippen molar-refractivity contribution in [2.45, 2.75) is 33.0 Å². The summed E-state index contributed by atoms with van der Waals surface area (Å²) in [6, 6.07) is 6.09. The summed E-state index contributed by atoms with van der Waals surface area (Å²) in [5.74, 6) is 0.397. The number of benzene rings is 1. The maximum atomic E-state index is 6.00. The molecule has 102 valence electrons. The number of hydrogen-bond acceptors (Lipinski definition) is 6. The molecule has 1 aromatic carbocycles. The zero-order valence-electron chi connectivity index (χ0n) is 11.3. The topological polar surface area (TPSA) is 106 Å². The van der Waals surface area contributed by atoms with E-state index in [-0.39, 0.29) is 11.9 Å². The van der Waals surface area contributed by atoms with Crippen LogP contribution in [-0.4, -0.2) is 18.2 Å². The first-order chi connectivity index (χ1) is 9.08. The molecule has 1 aliphatic heterocycles. The molecule has 2 rings (SSSR count). The lowest BCUT2D eigenvalue weighted by atomic mass is 10.00. The van der Waals surface area contributed by atoms with Crippen molar-refractivity contribution in [2.24, 2.45) is 27.2 Å². The highest BCUT2D eigenvalue weighted by molar-refractivity contribution is 6.05. The molecule has 1 heterocycles. The number of nitrogens with two attached hydrogens (primary N) is 3. The van der Waals surface area contributed by atoms with Gasteiger partial charge in [-0.1, -0.05) is 26.0 Å². The van der Waals surface area contributed by atoms with Gasteiger partial charge in [0.25, 0.3) is 0 Å². The second kappa shape index (κ2) is 5.27. The highest BCUT2D eigenvalue weighted by atomic mass is 15.4. The highest BCUT2D eigenvalue weighted by Crippen LogP contribution is 2.27. The molecule has 0 aromatic heterocycles. The van der Waals surface area contributed by atoms with Crippen LogP contribution in [0.25, 0.3) is 0 Å². The third kappa shape index (κ3) is 2.39. The van der Waals surface area contributed by atoms with Crippen molar-refractivity contribution in [1.82, 2.24) is 0 Å². The highest BCUT2D eigenvalue weighted by Gasteiger charge is 2.24. The Labute approximate surface area is 113 Å². The predicted molar refractivity (Wildman–Crippen MR) is 78.9 cm³/mol. The van der Waals surface area contributed by atoms with Gasteiger partial charge in [-0.25, -0.2) is 4.99 Å². The van der Waals surface area contributed by atoms with Gasteiger partial charge in [0.05, 0.1) is 5.69 Å². The Bertz CT molecular complexity index is 534. The van der Waals surface area contributed by atoms with Crippen LogP contribution in [0, 0.1) is 0 Å². The summed E-state index contributed by atoms with van der Waals surface area (Å²) >= 11 is 0. The Morgan fingerprint density at radius 1 is 1.21 bits per heavy atom. The van der Waals surface area contributed by atoms with Crippen molar-refractivity contribution in [2.75, 3.05) is 4.90 Å². The molecular weight excluding hydrogens is 240 g/mol. The minimum absolute atomic E-state index is 0.117. The number of guanidine groups is 2. The maximum Gasteiger partial charge on any atom is 0.221 e. The van der Waals surface area contributed by atoms with Crippen LogP contribution < -0.4 is 22.1 Å². The molecule has 0 amide bonds. The van der Waals surface area contributed by atoms with Crippen LogP contribution in [0.2, 0.25) is 0 Å². The number of aliphatic imine (C=N–C) groups is 2. The Morgan fingerprint density at radius 3 is 2.53 bits per heavy atom. The fourth-order valence-electron chi connectivity index (χ4n) is 2.38. The van der Waals surface area contributed by atoms with Gasteiger partial charge in [-0.2, -0.15) is 4.99 Å². The lowest BCUT2D eigenvalue weighted by Crippen LogP contribution is -2.52. The standard InChI is InChI=1S/C13H20N6/c1-3-8-6-5-7-10(9(8)4-2)19-12(15)17-11(14)18-13(19)16/h5-7,12H,3-4,15H2,1-2H3,(H4,14,16,17,18). The second-order valence-corrected chi connectivity index (χ2v) is 4.36. The van der Waals surface area contributed by atoms with E-state index in [4.69, 9.17) is 17.2 Å². The first-order valence-electron chi connectivity index (χ1n) is 6.41. The molecule has 0 saturated carbocycles. The maximum absolute atomic E-state index is 6.00. The average molecular weight is 260 g/mol. The number of nitrogens with zero attached hydrogens (tertiary/aromatic N) is 3. The molecule has 0 spiro atoms. The molecule has 0 aliphatic carbocycles. The summed E-state index contributed by atoms with van der Waals surface area (Å²) in [4.78, 5) is 9.76. The largest absolute Gasteiger partial charge is 0.369 e. The number of anilines is 1. The Morgan fingerprint density at radius 2 is 1.95 bits per heavy atom. The molecular formula is C13H20N6. The van der Waals surface area contributed by atoms with Crippen molar-refractivity contribution in [3.63, 3.8) is 0 Å². The molecule has 6 heteroatoms. The number of hydrogen-bond donors (Lipinski definition) is 3. The summed E-state index contributed by atoms with van der Waals surface area (Å²) in [5, 5.41) is 0. The van der Waals surface area contributed by atoms with Gasteiger partial charge in [-0.3, -0.25) is 10.6 Å². The van der Waals surface area contributed by atoms with E-state index in [1.165, 1.54) is 11.1 Å². The van der Waals surface area contributed by atoms with E-state index in [1.807, 2.05) is 12.1 Å². The first-order valence-corrected chi connectivity index (χ1v) is 6.41. The molecule has 1 aliphatic rings. The minimum atomic E-state index is -0.630. The van der Waals surface area contributed by atoms with Crippen LogP contribution in [0.3, 0.4) is 0 Å². The number of aryl methyl sites for hydroxylation is 1. The monoisotopic (exact) mass is 260 g/mol. The van der Waals surface area contributed by atoms with Crippen LogP contribution in [-0.2, 0) is 12.8 Å². The molecule has 0 bridgehead atoms. The van der Waals surface area contributed by atoms with E-state index in [0.717, 1.165) is 18.5 Å². The quantitative estimate of drug-likeness (QED) is 0.735. The van der Waals surface area contributed by atoms with E-state index in [1.54, 1.807) is 4.90 Å². The fourth-order valence-corrected chi connectivity index (χ4v) is 2.38. The van der Waals surface area contributed by atoms with E-state index in [0.29, 0.717) is 0 Å². The summed E-state index contributed by atoms with van der Waals surface area (Å²) in [6.45, 7) is 4.24. The van der Waals surface area contributed by atoms with E-state index in [9.17, 15) is 0 Å². The Kier molecular flexibility index (Phi) is 3.71. The van der Waals surface area contributed by atoms with Crippen molar-refractivity contribution >= 4 is 17.6 Å². The predicted octanol–water partition coefficient (Wildman–Crippen LogP) is 0.503. The smallest absolute Gasteiger partial charge is 0.221 e. The molecule has 19 heavy (non-hydrogen) atoms. The van der Waals surface area contributed by atoms with Gasteiger partial charge in [-0.05, 0) is 30.0 Å². The van der Waals surface area contributed by atoms with E-state index in [2.05, 4.69) is 29.9 Å². The summed E-state index contributed by atoms with van der Waals surface area (Å²) in [7, 11) is 0. The zero-order valence-corrected chi connectivity index (χ0v) is 11.3. The number of rotatable bonds is 3. The van der Waals surface area contributed by atoms with E-state index < -0.39 is 6.29 Å².